The molecule has 0 radical (unpaired) electrons. The largest absolute Gasteiger partial charge is 0.452 e. The summed E-state index contributed by atoms with van der Waals surface area (Å²) in [5.41, 5.74) is 0.938. The predicted molar refractivity (Wildman–Crippen MR) is 95.7 cm³/mol. The van der Waals surface area contributed by atoms with Crippen molar-refractivity contribution in [2.24, 2.45) is 5.92 Å². The second-order valence-corrected chi connectivity index (χ2v) is 7.98. The highest BCUT2D eigenvalue weighted by Crippen LogP contribution is 2.36. The van der Waals surface area contributed by atoms with Crippen molar-refractivity contribution < 1.29 is 19.1 Å². The number of likely N-dealkylation sites (tertiary alicyclic amines) is 1. The molecule has 0 saturated carbocycles. The molecule has 1 saturated heterocycles. The van der Waals surface area contributed by atoms with Crippen molar-refractivity contribution in [3.05, 3.63) is 23.8 Å². The molecule has 134 valence electrons. The van der Waals surface area contributed by atoms with Gasteiger partial charge in [0.1, 0.15) is 0 Å². The third kappa shape index (κ3) is 4.15. The molecule has 0 aromatic heterocycles. The second-order valence-electron chi connectivity index (χ2n) is 6.60. The van der Waals surface area contributed by atoms with Gasteiger partial charge < -0.3 is 15.0 Å². The van der Waals surface area contributed by atoms with Gasteiger partial charge in [-0.25, -0.2) is 4.79 Å². The Balaban J connectivity index is 1.57. The summed E-state index contributed by atoms with van der Waals surface area (Å²) in [6.07, 6.45) is 1.97. The molecule has 2 aliphatic rings. The molecule has 3 rings (SSSR count). The van der Waals surface area contributed by atoms with E-state index in [1.165, 1.54) is 11.8 Å². The molecule has 6 nitrogen and oxygen atoms in total. The number of piperidine rings is 1. The van der Waals surface area contributed by atoms with Crippen LogP contribution < -0.4 is 5.32 Å². The van der Waals surface area contributed by atoms with E-state index in [4.69, 9.17) is 4.74 Å². The van der Waals surface area contributed by atoms with Crippen molar-refractivity contribution in [3.8, 4) is 0 Å². The van der Waals surface area contributed by atoms with E-state index in [0.717, 1.165) is 30.8 Å². The van der Waals surface area contributed by atoms with Gasteiger partial charge in [-0.2, -0.15) is 0 Å². The summed E-state index contributed by atoms with van der Waals surface area (Å²) in [6.45, 7) is 5.20. The Morgan fingerprint density at radius 2 is 2.00 bits per heavy atom. The highest BCUT2D eigenvalue weighted by molar-refractivity contribution is 8.00. The third-order valence-electron chi connectivity index (χ3n) is 4.61. The first-order chi connectivity index (χ1) is 11.9. The number of amides is 2. The molecule has 1 N–H and O–H groups in total. The summed E-state index contributed by atoms with van der Waals surface area (Å²) < 4.78 is 5.16. The maximum atomic E-state index is 12.2. The lowest BCUT2D eigenvalue weighted by atomic mass is 9.99. The monoisotopic (exact) mass is 362 g/mol. The summed E-state index contributed by atoms with van der Waals surface area (Å²) in [5, 5.41) is 2.63. The smallest absolute Gasteiger partial charge is 0.338 e. The van der Waals surface area contributed by atoms with Gasteiger partial charge in [-0.05, 0) is 43.9 Å². The predicted octanol–water partition coefficient (Wildman–Crippen LogP) is 2.53. The van der Waals surface area contributed by atoms with Crippen LogP contribution in [0.5, 0.6) is 0 Å². The Labute approximate surface area is 151 Å². The van der Waals surface area contributed by atoms with E-state index in [1.807, 2.05) is 6.92 Å². The van der Waals surface area contributed by atoms with Crippen LogP contribution in [0.15, 0.2) is 23.1 Å². The van der Waals surface area contributed by atoms with E-state index in [0.29, 0.717) is 17.2 Å². The van der Waals surface area contributed by atoms with Crippen LogP contribution in [-0.2, 0) is 14.3 Å². The summed E-state index contributed by atoms with van der Waals surface area (Å²) >= 11 is 1.45. The first kappa shape index (κ1) is 17.8. The number of rotatable bonds is 3. The second kappa shape index (κ2) is 7.47. The first-order valence-corrected chi connectivity index (χ1v) is 9.38. The molecule has 0 bridgehead atoms. The van der Waals surface area contributed by atoms with Crippen LogP contribution >= 0.6 is 11.8 Å². The fourth-order valence-electron chi connectivity index (χ4n) is 2.90. The van der Waals surface area contributed by atoms with Gasteiger partial charge in [0.05, 0.1) is 16.5 Å². The molecule has 2 heterocycles. The third-order valence-corrected chi connectivity index (χ3v) is 5.79. The number of nitrogens with one attached hydrogen (secondary N) is 1. The molecule has 2 amide bonds. The van der Waals surface area contributed by atoms with E-state index in [9.17, 15) is 14.4 Å². The number of fused-ring (bicyclic) bond motifs is 1. The molecular formula is C18H22N2O4S. The average molecular weight is 362 g/mol. The molecule has 2 aliphatic heterocycles. The number of carbonyl (C=O) groups excluding carboxylic acids is 3. The van der Waals surface area contributed by atoms with E-state index in [1.54, 1.807) is 23.1 Å². The van der Waals surface area contributed by atoms with Gasteiger partial charge in [-0.3, -0.25) is 9.59 Å². The number of anilines is 1. The standard InChI is InChI=1S/C18H22N2O4S/c1-11-5-7-20(8-6-11)16(21)10-24-18(23)13-3-4-15-14(9-13)19-17(22)12(2)25-15/h3-4,9,11-12H,5-8,10H2,1-2H3,(H,19,22). The zero-order chi connectivity index (χ0) is 18.0. The van der Waals surface area contributed by atoms with Crippen molar-refractivity contribution in [1.29, 1.82) is 0 Å². The minimum absolute atomic E-state index is 0.0856. The number of hydrogen-bond donors (Lipinski definition) is 1. The average Bonchev–Trinajstić information content (AvgIpc) is 2.60. The number of hydrogen-bond acceptors (Lipinski definition) is 5. The van der Waals surface area contributed by atoms with E-state index < -0.39 is 5.97 Å². The first-order valence-electron chi connectivity index (χ1n) is 8.50. The van der Waals surface area contributed by atoms with Crippen LogP contribution in [0.2, 0.25) is 0 Å². The molecule has 1 fully saturated rings. The van der Waals surface area contributed by atoms with Gasteiger partial charge in [-0.15, -0.1) is 11.8 Å². The van der Waals surface area contributed by atoms with Gasteiger partial charge in [0.2, 0.25) is 5.91 Å². The zero-order valence-corrected chi connectivity index (χ0v) is 15.2. The molecule has 1 aromatic rings. The fourth-order valence-corrected chi connectivity index (χ4v) is 3.83. The Kier molecular flexibility index (Phi) is 5.32. The maximum Gasteiger partial charge on any atom is 0.338 e. The van der Waals surface area contributed by atoms with Gasteiger partial charge >= 0.3 is 5.97 Å². The Hall–Kier alpha value is -2.02. The van der Waals surface area contributed by atoms with Crippen LogP contribution in [0.25, 0.3) is 0 Å². The molecule has 25 heavy (non-hydrogen) atoms. The van der Waals surface area contributed by atoms with Crippen LogP contribution in [-0.4, -0.2) is 47.6 Å². The molecular weight excluding hydrogens is 340 g/mol. The Morgan fingerprint density at radius 3 is 2.72 bits per heavy atom. The maximum absolute atomic E-state index is 12.2. The van der Waals surface area contributed by atoms with Crippen molar-refractivity contribution in [1.82, 2.24) is 4.90 Å². The zero-order valence-electron chi connectivity index (χ0n) is 14.4. The lowest BCUT2D eigenvalue weighted by Gasteiger charge is -2.30. The minimum Gasteiger partial charge on any atom is -0.452 e. The molecule has 0 aliphatic carbocycles. The lowest BCUT2D eigenvalue weighted by Crippen LogP contribution is -2.40. The van der Waals surface area contributed by atoms with Crippen LogP contribution in [0.1, 0.15) is 37.0 Å². The van der Waals surface area contributed by atoms with E-state index in [-0.39, 0.29) is 23.7 Å². The van der Waals surface area contributed by atoms with E-state index >= 15 is 0 Å². The fraction of sp³-hybridized carbons (Fsp3) is 0.500. The topological polar surface area (TPSA) is 75.7 Å². The SMILES string of the molecule is CC1CCN(C(=O)COC(=O)c2ccc3c(c2)NC(=O)C(C)S3)CC1. The quantitative estimate of drug-likeness (QED) is 0.836. The molecule has 1 atom stereocenters. The Morgan fingerprint density at radius 1 is 1.28 bits per heavy atom. The van der Waals surface area contributed by atoms with Gasteiger partial charge in [-0.1, -0.05) is 6.92 Å². The summed E-state index contributed by atoms with van der Waals surface area (Å²) in [5.74, 6) is -0.161. The Bertz CT molecular complexity index is 698. The summed E-state index contributed by atoms with van der Waals surface area (Å²) in [7, 11) is 0. The van der Waals surface area contributed by atoms with E-state index in [2.05, 4.69) is 12.2 Å². The minimum atomic E-state index is -0.556. The number of esters is 1. The number of ether oxygens (including phenoxy) is 1. The van der Waals surface area contributed by atoms with Crippen LogP contribution in [0.4, 0.5) is 5.69 Å². The van der Waals surface area contributed by atoms with Crippen molar-refractivity contribution in [3.63, 3.8) is 0 Å². The van der Waals surface area contributed by atoms with Crippen molar-refractivity contribution in [2.75, 3.05) is 25.0 Å². The summed E-state index contributed by atoms with van der Waals surface area (Å²) in [6, 6.07) is 5.05. The molecule has 0 spiro atoms. The van der Waals surface area contributed by atoms with Gasteiger partial charge in [0.25, 0.3) is 5.91 Å². The highest BCUT2D eigenvalue weighted by atomic mass is 32.2. The van der Waals surface area contributed by atoms with Gasteiger partial charge in [0.15, 0.2) is 6.61 Å². The number of benzene rings is 1. The van der Waals surface area contributed by atoms with Crippen molar-refractivity contribution in [2.45, 2.75) is 36.8 Å². The number of thioether (sulfide) groups is 1. The normalized spacial score (nSPS) is 20.6. The molecule has 1 unspecified atom stereocenters. The molecule has 1 aromatic carbocycles. The van der Waals surface area contributed by atoms with Crippen LogP contribution in [0, 0.1) is 5.92 Å². The van der Waals surface area contributed by atoms with Gasteiger partial charge in [0, 0.05) is 18.0 Å². The molecule has 7 heteroatoms. The van der Waals surface area contributed by atoms with Crippen LogP contribution in [0.3, 0.4) is 0 Å². The lowest BCUT2D eigenvalue weighted by molar-refractivity contribution is -0.135. The number of carbonyl (C=O) groups is 3. The van der Waals surface area contributed by atoms with Crippen molar-refractivity contribution >= 4 is 35.2 Å². The summed E-state index contributed by atoms with van der Waals surface area (Å²) in [4.78, 5) is 38.8. The number of nitrogens with zero attached hydrogens (tertiary/aromatic N) is 1. The highest BCUT2D eigenvalue weighted by Gasteiger charge is 2.25.